The Morgan fingerprint density at radius 3 is 2.68 bits per heavy atom. The lowest BCUT2D eigenvalue weighted by Crippen LogP contribution is -2.63. The number of hydrogen-bond acceptors (Lipinski definition) is 10. The first-order valence-electron chi connectivity index (χ1n) is 12.5. The SMILES string of the molecule is C=CCOC(=O)C1=C(Sc2nc(C3CCN(C(=O)OCC=C)[C@H](CO)C3)cs2)[C@H](C)[C@@H]2[C@@H]([C@@H](C)O)C(=O)N12. The average molecular weight is 564 g/mol. The normalized spacial score (nSPS) is 27.5. The van der Waals surface area contributed by atoms with Gasteiger partial charge in [0, 0.05) is 28.7 Å². The molecule has 10 nitrogen and oxygen atoms in total. The number of aromatic nitrogens is 1. The summed E-state index contributed by atoms with van der Waals surface area (Å²) in [6.07, 6.45) is 2.89. The Kier molecular flexibility index (Phi) is 8.96. The molecule has 1 aromatic rings. The summed E-state index contributed by atoms with van der Waals surface area (Å²) in [6.45, 7) is 11.0. The number of ether oxygens (including phenoxy) is 2. The van der Waals surface area contributed by atoms with Crippen molar-refractivity contribution in [3.05, 3.63) is 47.0 Å². The zero-order valence-corrected chi connectivity index (χ0v) is 23.1. The number of piperidine rings is 1. The number of carbonyl (C=O) groups is 3. The third-order valence-electron chi connectivity index (χ3n) is 7.24. The molecule has 4 heterocycles. The topological polar surface area (TPSA) is 130 Å². The summed E-state index contributed by atoms with van der Waals surface area (Å²) >= 11 is 2.78. The first kappa shape index (κ1) is 28.3. The van der Waals surface area contributed by atoms with E-state index in [-0.39, 0.29) is 55.3 Å². The summed E-state index contributed by atoms with van der Waals surface area (Å²) in [6, 6.07) is -0.689. The molecule has 2 amide bonds. The number of aliphatic hydroxyl groups excluding tert-OH is 2. The summed E-state index contributed by atoms with van der Waals surface area (Å²) in [7, 11) is 0. The minimum absolute atomic E-state index is 0.0223. The Labute approximate surface area is 230 Å². The highest BCUT2D eigenvalue weighted by atomic mass is 32.2. The van der Waals surface area contributed by atoms with Gasteiger partial charge < -0.3 is 29.5 Å². The first-order chi connectivity index (χ1) is 18.2. The Bertz CT molecular complexity index is 1130. The highest BCUT2D eigenvalue weighted by molar-refractivity contribution is 8.04. The number of thioether (sulfide) groups is 1. The number of fused-ring (bicyclic) bond motifs is 1. The van der Waals surface area contributed by atoms with Crippen LogP contribution in [0.4, 0.5) is 4.79 Å². The van der Waals surface area contributed by atoms with Crippen LogP contribution in [0.3, 0.4) is 0 Å². The third-order valence-corrected chi connectivity index (χ3v) is 9.48. The van der Waals surface area contributed by atoms with Gasteiger partial charge in [-0.15, -0.1) is 11.3 Å². The third kappa shape index (κ3) is 5.27. The largest absolute Gasteiger partial charge is 0.457 e. The van der Waals surface area contributed by atoms with Gasteiger partial charge in [-0.25, -0.2) is 14.6 Å². The maximum absolute atomic E-state index is 12.9. The van der Waals surface area contributed by atoms with Crippen molar-refractivity contribution in [1.82, 2.24) is 14.8 Å². The number of esters is 1. The average Bonchev–Trinajstić information content (AvgIpc) is 3.46. The monoisotopic (exact) mass is 563 g/mol. The molecule has 0 aliphatic carbocycles. The fourth-order valence-corrected chi connectivity index (χ4v) is 7.57. The fraction of sp³-hybridized carbons (Fsp3) is 0.538. The number of carbonyl (C=O) groups excluding carboxylic acids is 3. The Balaban J connectivity index is 1.51. The molecule has 0 radical (unpaired) electrons. The molecule has 2 fully saturated rings. The van der Waals surface area contributed by atoms with Gasteiger partial charge in [-0.2, -0.15) is 0 Å². The van der Waals surface area contributed by atoms with Gasteiger partial charge in [-0.3, -0.25) is 4.79 Å². The number of β-lactam (4-membered cyclic amide) rings is 1. The number of aliphatic hydroxyl groups is 2. The molecule has 0 spiro atoms. The van der Waals surface area contributed by atoms with Crippen LogP contribution in [0.5, 0.6) is 0 Å². The van der Waals surface area contributed by atoms with Crippen molar-refractivity contribution in [2.24, 2.45) is 11.8 Å². The van der Waals surface area contributed by atoms with Crippen LogP contribution in [0, 0.1) is 11.8 Å². The van der Waals surface area contributed by atoms with Gasteiger partial charge in [0.15, 0.2) is 4.34 Å². The van der Waals surface area contributed by atoms with Crippen LogP contribution in [0.2, 0.25) is 0 Å². The molecule has 1 unspecified atom stereocenters. The fourth-order valence-electron chi connectivity index (χ4n) is 5.39. The van der Waals surface area contributed by atoms with Crippen LogP contribution in [-0.4, -0.2) is 87.5 Å². The number of rotatable bonds is 10. The maximum atomic E-state index is 12.9. The van der Waals surface area contributed by atoms with E-state index in [1.165, 1.54) is 40.2 Å². The molecule has 0 aromatic carbocycles. The second-order valence-electron chi connectivity index (χ2n) is 9.61. The number of thiazole rings is 1. The number of nitrogens with zero attached hydrogens (tertiary/aromatic N) is 3. The number of amides is 2. The van der Waals surface area contributed by atoms with Crippen LogP contribution >= 0.6 is 23.1 Å². The quantitative estimate of drug-likeness (QED) is 0.251. The van der Waals surface area contributed by atoms with Gasteiger partial charge in [-0.1, -0.05) is 44.0 Å². The molecule has 206 valence electrons. The van der Waals surface area contributed by atoms with Crippen molar-refractivity contribution in [3.63, 3.8) is 0 Å². The Hall–Kier alpha value is -2.67. The second-order valence-corrected chi connectivity index (χ2v) is 11.8. The van der Waals surface area contributed by atoms with Gasteiger partial charge in [0.2, 0.25) is 5.91 Å². The summed E-state index contributed by atoms with van der Waals surface area (Å²) in [5.74, 6) is -1.59. The van der Waals surface area contributed by atoms with Gasteiger partial charge in [0.05, 0.1) is 36.4 Å². The Morgan fingerprint density at radius 1 is 1.32 bits per heavy atom. The first-order valence-corrected chi connectivity index (χ1v) is 14.2. The van der Waals surface area contributed by atoms with Gasteiger partial charge >= 0.3 is 12.1 Å². The van der Waals surface area contributed by atoms with Crippen molar-refractivity contribution in [2.75, 3.05) is 26.4 Å². The molecule has 4 rings (SSSR count). The van der Waals surface area contributed by atoms with E-state index in [0.717, 1.165) is 5.69 Å². The highest BCUT2D eigenvalue weighted by Gasteiger charge is 2.60. The molecule has 2 saturated heterocycles. The number of hydrogen-bond donors (Lipinski definition) is 2. The van der Waals surface area contributed by atoms with Crippen LogP contribution < -0.4 is 0 Å². The minimum Gasteiger partial charge on any atom is -0.457 e. The predicted molar refractivity (Wildman–Crippen MR) is 142 cm³/mol. The van der Waals surface area contributed by atoms with E-state index in [2.05, 4.69) is 13.2 Å². The maximum Gasteiger partial charge on any atom is 0.410 e. The van der Waals surface area contributed by atoms with Crippen LogP contribution in [0.25, 0.3) is 0 Å². The summed E-state index contributed by atoms with van der Waals surface area (Å²) < 4.78 is 11.2. The molecule has 3 aliphatic heterocycles. The van der Waals surface area contributed by atoms with E-state index < -0.39 is 24.1 Å². The lowest BCUT2D eigenvalue weighted by atomic mass is 9.79. The van der Waals surface area contributed by atoms with Gasteiger partial charge in [0.25, 0.3) is 0 Å². The van der Waals surface area contributed by atoms with E-state index in [0.29, 0.717) is 28.6 Å². The van der Waals surface area contributed by atoms with Crippen molar-refractivity contribution in [2.45, 2.75) is 55.1 Å². The van der Waals surface area contributed by atoms with Crippen molar-refractivity contribution < 1.29 is 34.1 Å². The highest BCUT2D eigenvalue weighted by Crippen LogP contribution is 2.52. The molecule has 3 aliphatic rings. The lowest BCUT2D eigenvalue weighted by Gasteiger charge is -2.46. The smallest absolute Gasteiger partial charge is 0.410 e. The summed E-state index contributed by atoms with van der Waals surface area (Å²) in [5, 5.41) is 22.0. The van der Waals surface area contributed by atoms with Crippen LogP contribution in [-0.2, 0) is 19.1 Å². The molecule has 6 atom stereocenters. The van der Waals surface area contributed by atoms with E-state index in [1.807, 2.05) is 12.3 Å². The van der Waals surface area contributed by atoms with Crippen molar-refractivity contribution in [1.29, 1.82) is 0 Å². The van der Waals surface area contributed by atoms with E-state index in [4.69, 9.17) is 14.5 Å². The van der Waals surface area contributed by atoms with Gasteiger partial charge in [-0.05, 0) is 19.8 Å². The molecular formula is C26H33N3O7S2. The molecule has 0 saturated carbocycles. The van der Waals surface area contributed by atoms with E-state index >= 15 is 0 Å². The van der Waals surface area contributed by atoms with Crippen molar-refractivity contribution in [3.8, 4) is 0 Å². The lowest BCUT2D eigenvalue weighted by molar-refractivity contribution is -0.164. The summed E-state index contributed by atoms with van der Waals surface area (Å²) in [5.41, 5.74) is 1.07. The van der Waals surface area contributed by atoms with E-state index in [1.54, 1.807) is 11.8 Å². The van der Waals surface area contributed by atoms with Crippen LogP contribution in [0.15, 0.2) is 45.6 Å². The predicted octanol–water partition coefficient (Wildman–Crippen LogP) is 2.90. The van der Waals surface area contributed by atoms with Crippen molar-refractivity contribution >= 4 is 41.1 Å². The zero-order valence-electron chi connectivity index (χ0n) is 21.4. The molecular weight excluding hydrogens is 530 g/mol. The van der Waals surface area contributed by atoms with Crippen LogP contribution in [0.1, 0.15) is 38.3 Å². The molecule has 1 aromatic heterocycles. The zero-order chi connectivity index (χ0) is 27.6. The Morgan fingerprint density at radius 2 is 2.03 bits per heavy atom. The second kappa shape index (κ2) is 12.0. The van der Waals surface area contributed by atoms with Gasteiger partial charge in [0.1, 0.15) is 18.9 Å². The standard InChI is InChI=1S/C26H33N3O7S2/c1-5-9-35-24(33)21-22(14(3)20-19(15(4)31)23(32)29(20)21)38-25-27-18(13-37-25)16-7-8-28(17(11-16)12-30)26(34)36-10-6-2/h5-6,13-17,19-20,30-31H,1-2,7-12H2,3-4H3/t14-,15-,16?,17+,19-,20-/m1/s1. The molecule has 0 bridgehead atoms. The number of likely N-dealkylation sites (tertiary alicyclic amines) is 1. The minimum atomic E-state index is -0.827. The molecule has 12 heteroatoms. The molecule has 2 N–H and O–H groups in total. The molecule has 38 heavy (non-hydrogen) atoms. The van der Waals surface area contributed by atoms with E-state index in [9.17, 15) is 24.6 Å². The summed E-state index contributed by atoms with van der Waals surface area (Å²) in [4.78, 5) is 46.6.